The highest BCUT2D eigenvalue weighted by atomic mass is 35.5. The van der Waals surface area contributed by atoms with Gasteiger partial charge in [-0.15, -0.1) is 0 Å². The van der Waals surface area contributed by atoms with Gasteiger partial charge in [0.05, 0.1) is 29.6 Å². The average Bonchev–Trinajstić information content (AvgIpc) is 3.34. The number of ether oxygens (including phenoxy) is 1. The van der Waals surface area contributed by atoms with Crippen LogP contribution in [-0.4, -0.2) is 65.0 Å². The van der Waals surface area contributed by atoms with Crippen molar-refractivity contribution < 1.29 is 27.9 Å². The number of imidazole rings is 1. The minimum absolute atomic E-state index is 0.0558. The van der Waals surface area contributed by atoms with Gasteiger partial charge in [0, 0.05) is 49.9 Å². The largest absolute Gasteiger partial charge is 0.494 e. The third kappa shape index (κ3) is 6.49. The predicted molar refractivity (Wildman–Crippen MR) is 150 cm³/mol. The van der Waals surface area contributed by atoms with Gasteiger partial charge < -0.3 is 30.6 Å². The van der Waals surface area contributed by atoms with Gasteiger partial charge in [-0.3, -0.25) is 14.4 Å². The third-order valence-corrected chi connectivity index (χ3v) is 7.26. The summed E-state index contributed by atoms with van der Waals surface area (Å²) in [5, 5.41) is 5.63. The third-order valence-electron chi connectivity index (χ3n) is 6.94. The molecule has 3 amide bonds. The average molecular weight is 589 g/mol. The first-order valence-corrected chi connectivity index (χ1v) is 13.4. The van der Waals surface area contributed by atoms with Gasteiger partial charge in [0.15, 0.2) is 17.4 Å². The molecule has 4 rings (SSSR count). The maximum absolute atomic E-state index is 14.6. The second kappa shape index (κ2) is 12.6. The normalized spacial score (nSPS) is 14.5. The fourth-order valence-corrected chi connectivity index (χ4v) is 4.89. The molecule has 0 aliphatic carbocycles. The number of benzene rings is 2. The quantitative estimate of drug-likeness (QED) is 0.368. The summed E-state index contributed by atoms with van der Waals surface area (Å²) in [6.07, 6.45) is 2.32. The molecule has 41 heavy (non-hydrogen) atoms. The van der Waals surface area contributed by atoms with E-state index >= 15 is 0 Å². The number of likely N-dealkylation sites (tertiary alicyclic amines) is 1. The first-order valence-electron chi connectivity index (χ1n) is 13.0. The molecule has 1 fully saturated rings. The summed E-state index contributed by atoms with van der Waals surface area (Å²) in [6, 6.07) is 6.99. The van der Waals surface area contributed by atoms with Crippen LogP contribution in [0.4, 0.5) is 14.5 Å². The second-order valence-corrected chi connectivity index (χ2v) is 10.3. The number of anilines is 1. The van der Waals surface area contributed by atoms with Crippen LogP contribution in [0.3, 0.4) is 0 Å². The van der Waals surface area contributed by atoms with E-state index in [-0.39, 0.29) is 57.2 Å². The number of hydrogen-bond donors (Lipinski definition) is 3. The molecule has 4 N–H and O–H groups in total. The Morgan fingerprint density at radius 1 is 1.17 bits per heavy atom. The lowest BCUT2D eigenvalue weighted by atomic mass is 9.95. The van der Waals surface area contributed by atoms with Crippen molar-refractivity contribution in [3.8, 4) is 17.0 Å². The Morgan fingerprint density at radius 2 is 1.88 bits per heavy atom. The van der Waals surface area contributed by atoms with Crippen molar-refractivity contribution in [2.45, 2.75) is 25.8 Å². The molecule has 1 aliphatic rings. The van der Waals surface area contributed by atoms with Crippen molar-refractivity contribution >= 4 is 35.0 Å². The molecule has 218 valence electrons. The van der Waals surface area contributed by atoms with Crippen molar-refractivity contribution in [2.24, 2.45) is 18.7 Å². The fraction of sp³-hybridized carbons (Fsp3) is 0.357. The van der Waals surface area contributed by atoms with Gasteiger partial charge in [-0.05, 0) is 50.1 Å². The summed E-state index contributed by atoms with van der Waals surface area (Å²) in [4.78, 5) is 44.1. The van der Waals surface area contributed by atoms with Crippen molar-refractivity contribution in [2.75, 3.05) is 32.1 Å². The van der Waals surface area contributed by atoms with Gasteiger partial charge >= 0.3 is 0 Å². The Labute approximate surface area is 240 Å². The summed E-state index contributed by atoms with van der Waals surface area (Å²) in [6.45, 7) is 3.03. The second-order valence-electron chi connectivity index (χ2n) is 9.91. The zero-order valence-corrected chi connectivity index (χ0v) is 23.6. The van der Waals surface area contributed by atoms with Gasteiger partial charge in [0.1, 0.15) is 0 Å². The van der Waals surface area contributed by atoms with E-state index < -0.39 is 17.5 Å². The predicted octanol–water partition coefficient (Wildman–Crippen LogP) is 3.60. The monoisotopic (exact) mass is 588 g/mol. The molecule has 0 bridgehead atoms. The lowest BCUT2D eigenvalue weighted by Crippen LogP contribution is -2.44. The Bertz CT molecular complexity index is 1470. The van der Waals surface area contributed by atoms with Crippen molar-refractivity contribution in [3.05, 3.63) is 64.6 Å². The lowest BCUT2D eigenvalue weighted by Gasteiger charge is -2.31. The molecule has 3 aromatic rings. The van der Waals surface area contributed by atoms with Crippen LogP contribution in [0.1, 0.15) is 40.7 Å². The van der Waals surface area contributed by atoms with Crippen LogP contribution in [0.5, 0.6) is 5.75 Å². The molecular formula is C28H31ClF2N6O4. The van der Waals surface area contributed by atoms with Crippen LogP contribution in [0, 0.1) is 17.6 Å². The topological polar surface area (TPSA) is 132 Å². The standard InChI is InChI=1S/C28H31ClF2N6O4/c1-15(32)13-34-26(38)16-8-10-37(11-9-16)28(40)18-5-4-17(12-20(18)29)35-27(39)25-33-14-21(36(25)2)19-6-7-22(41-3)24(31)23(19)30/h4-7,12,14-16H,8-11,13,32H2,1-3H3,(H,34,38)(H,35,39)/t15-/m0/s1. The number of nitrogens with one attached hydrogen (secondary N) is 2. The maximum Gasteiger partial charge on any atom is 0.291 e. The Hall–Kier alpha value is -4.03. The Kier molecular flexibility index (Phi) is 9.24. The smallest absolute Gasteiger partial charge is 0.291 e. The Morgan fingerprint density at radius 3 is 2.51 bits per heavy atom. The van der Waals surface area contributed by atoms with E-state index in [1.165, 1.54) is 55.3 Å². The van der Waals surface area contributed by atoms with E-state index in [9.17, 15) is 23.2 Å². The lowest BCUT2D eigenvalue weighted by molar-refractivity contribution is -0.126. The molecule has 1 saturated heterocycles. The van der Waals surface area contributed by atoms with E-state index in [0.29, 0.717) is 38.2 Å². The number of nitrogens with two attached hydrogens (primary N) is 1. The van der Waals surface area contributed by atoms with Crippen LogP contribution >= 0.6 is 11.6 Å². The Balaban J connectivity index is 1.41. The number of halogens is 3. The number of nitrogens with zero attached hydrogens (tertiary/aromatic N) is 3. The number of methoxy groups -OCH3 is 1. The summed E-state index contributed by atoms with van der Waals surface area (Å²) in [7, 11) is 2.73. The van der Waals surface area contributed by atoms with Crippen LogP contribution in [0.2, 0.25) is 5.02 Å². The highest BCUT2D eigenvalue weighted by Gasteiger charge is 2.29. The number of carbonyl (C=O) groups is 3. The zero-order valence-electron chi connectivity index (χ0n) is 22.8. The molecule has 10 nitrogen and oxygen atoms in total. The van der Waals surface area contributed by atoms with E-state index in [1.54, 1.807) is 4.90 Å². The first-order chi connectivity index (χ1) is 19.5. The minimum atomic E-state index is -1.14. The number of rotatable bonds is 8. The van der Waals surface area contributed by atoms with Gasteiger partial charge in [0.25, 0.3) is 11.8 Å². The van der Waals surface area contributed by atoms with Crippen LogP contribution < -0.4 is 21.1 Å². The van der Waals surface area contributed by atoms with E-state index in [2.05, 4.69) is 15.6 Å². The molecule has 1 aromatic heterocycles. The van der Waals surface area contributed by atoms with Crippen molar-refractivity contribution in [1.29, 1.82) is 0 Å². The summed E-state index contributed by atoms with van der Waals surface area (Å²) >= 11 is 6.41. The van der Waals surface area contributed by atoms with Gasteiger partial charge in [-0.25, -0.2) is 9.37 Å². The van der Waals surface area contributed by atoms with Crippen LogP contribution in [-0.2, 0) is 11.8 Å². The summed E-state index contributed by atoms with van der Waals surface area (Å²) in [5.74, 6) is -3.70. The fourth-order valence-electron chi connectivity index (χ4n) is 4.63. The SMILES string of the molecule is COc1ccc(-c2cnc(C(=O)Nc3ccc(C(=O)N4CCC(C(=O)NC[C@H](C)N)CC4)c(Cl)c3)n2C)c(F)c1F. The molecular weight excluding hydrogens is 558 g/mol. The van der Waals surface area contributed by atoms with E-state index in [4.69, 9.17) is 22.1 Å². The molecule has 1 atom stereocenters. The first kappa shape index (κ1) is 29.9. The molecule has 1 aliphatic heterocycles. The van der Waals surface area contributed by atoms with Crippen LogP contribution in [0.15, 0.2) is 36.5 Å². The van der Waals surface area contributed by atoms with Crippen LogP contribution in [0.25, 0.3) is 11.3 Å². The number of amides is 3. The van der Waals surface area contributed by atoms with Crippen molar-refractivity contribution in [1.82, 2.24) is 19.8 Å². The molecule has 2 heterocycles. The van der Waals surface area contributed by atoms with Gasteiger partial charge in [0.2, 0.25) is 11.7 Å². The number of piperidine rings is 1. The molecule has 13 heteroatoms. The highest BCUT2D eigenvalue weighted by molar-refractivity contribution is 6.34. The molecule has 0 spiro atoms. The number of aromatic nitrogens is 2. The number of carbonyl (C=O) groups excluding carboxylic acids is 3. The van der Waals surface area contributed by atoms with E-state index in [1.807, 2.05) is 6.92 Å². The van der Waals surface area contributed by atoms with Gasteiger partial charge in [-0.2, -0.15) is 4.39 Å². The zero-order chi connectivity index (χ0) is 29.8. The minimum Gasteiger partial charge on any atom is -0.494 e. The number of hydrogen-bond acceptors (Lipinski definition) is 6. The van der Waals surface area contributed by atoms with Crippen molar-refractivity contribution in [3.63, 3.8) is 0 Å². The molecule has 0 radical (unpaired) electrons. The molecule has 2 aromatic carbocycles. The summed E-state index contributed by atoms with van der Waals surface area (Å²) in [5.41, 5.74) is 6.37. The van der Waals surface area contributed by atoms with E-state index in [0.717, 1.165) is 0 Å². The molecule has 0 saturated carbocycles. The maximum atomic E-state index is 14.6. The summed E-state index contributed by atoms with van der Waals surface area (Å²) < 4.78 is 34.9. The highest BCUT2D eigenvalue weighted by Crippen LogP contribution is 2.30. The van der Waals surface area contributed by atoms with Gasteiger partial charge in [-0.1, -0.05) is 11.6 Å². The molecule has 0 unspecified atom stereocenters.